The number of hydrogen-bond acceptors (Lipinski definition) is 5. The molecule has 5 nitrogen and oxygen atoms in total. The summed E-state index contributed by atoms with van der Waals surface area (Å²) in [5, 5.41) is 0. The predicted molar refractivity (Wildman–Crippen MR) is 113 cm³/mol. The Morgan fingerprint density at radius 1 is 0.700 bits per heavy atom. The van der Waals surface area contributed by atoms with Crippen LogP contribution in [-0.2, 0) is 11.3 Å². The topological polar surface area (TPSA) is 69.7 Å². The maximum Gasteiger partial charge on any atom is 0.343 e. The van der Waals surface area contributed by atoms with Crippen LogP contribution in [-0.4, -0.2) is 17.7 Å². The van der Waals surface area contributed by atoms with E-state index >= 15 is 0 Å². The highest BCUT2D eigenvalue weighted by Crippen LogP contribution is 2.23. The normalized spacial score (nSPS) is 10.4. The van der Waals surface area contributed by atoms with Gasteiger partial charge in [-0.3, -0.25) is 4.79 Å². The van der Waals surface area contributed by atoms with E-state index in [1.54, 1.807) is 36.4 Å². The van der Waals surface area contributed by atoms with E-state index in [0.717, 1.165) is 11.1 Å². The minimum atomic E-state index is -0.531. The quantitative estimate of drug-likeness (QED) is 0.327. The number of esters is 2. The van der Waals surface area contributed by atoms with Gasteiger partial charge in [0.25, 0.3) is 0 Å². The zero-order chi connectivity index (χ0) is 21.7. The lowest BCUT2D eigenvalue weighted by Gasteiger charge is -2.12. The number of Topliss-reactive ketones (excluding diaryl/α,β-unsaturated/α-hetero) is 1. The minimum absolute atomic E-state index is 0.135. The molecule has 5 heteroatoms. The van der Waals surface area contributed by atoms with Gasteiger partial charge in [-0.1, -0.05) is 35.4 Å². The van der Waals surface area contributed by atoms with E-state index in [2.05, 4.69) is 0 Å². The first kappa shape index (κ1) is 21.0. The van der Waals surface area contributed by atoms with Gasteiger partial charge in [0.1, 0.15) is 12.4 Å². The zero-order valence-electron chi connectivity index (χ0n) is 17.1. The van der Waals surface area contributed by atoms with E-state index in [4.69, 9.17) is 9.47 Å². The molecule has 0 spiro atoms. The molecule has 0 N–H and O–H groups in total. The Bertz CT molecular complexity index is 1080. The van der Waals surface area contributed by atoms with Crippen LogP contribution in [0.25, 0.3) is 0 Å². The summed E-state index contributed by atoms with van der Waals surface area (Å²) in [4.78, 5) is 36.6. The van der Waals surface area contributed by atoms with Gasteiger partial charge >= 0.3 is 11.9 Å². The van der Waals surface area contributed by atoms with Crippen LogP contribution in [0.1, 0.15) is 54.7 Å². The van der Waals surface area contributed by atoms with E-state index in [0.29, 0.717) is 22.3 Å². The predicted octanol–water partition coefficient (Wildman–Crippen LogP) is 5.08. The van der Waals surface area contributed by atoms with Crippen LogP contribution in [0.2, 0.25) is 0 Å². The average molecular weight is 402 g/mol. The van der Waals surface area contributed by atoms with Crippen LogP contribution in [0.3, 0.4) is 0 Å². The number of ether oxygens (including phenoxy) is 2. The lowest BCUT2D eigenvalue weighted by atomic mass is 10.1. The number of carbonyl (C=O) groups excluding carboxylic acids is 3. The van der Waals surface area contributed by atoms with E-state index in [-0.39, 0.29) is 18.1 Å². The molecule has 0 saturated carbocycles. The minimum Gasteiger partial charge on any atom is -0.457 e. The van der Waals surface area contributed by atoms with Crippen molar-refractivity contribution >= 4 is 17.7 Å². The fraction of sp³-hybridized carbons (Fsp3) is 0.160. The van der Waals surface area contributed by atoms with Crippen molar-refractivity contribution in [3.05, 3.63) is 100 Å². The lowest BCUT2D eigenvalue weighted by Crippen LogP contribution is -2.12. The molecular formula is C25H22O5. The summed E-state index contributed by atoms with van der Waals surface area (Å²) >= 11 is 0. The molecule has 0 aromatic heterocycles. The number of benzene rings is 3. The largest absolute Gasteiger partial charge is 0.457 e. The van der Waals surface area contributed by atoms with Crippen LogP contribution < -0.4 is 4.74 Å². The van der Waals surface area contributed by atoms with E-state index < -0.39 is 11.9 Å². The molecule has 0 fully saturated rings. The molecule has 0 aliphatic rings. The molecule has 3 aromatic rings. The first-order valence-corrected chi connectivity index (χ1v) is 9.50. The van der Waals surface area contributed by atoms with Crippen LogP contribution in [0.4, 0.5) is 0 Å². The van der Waals surface area contributed by atoms with Gasteiger partial charge in [0.15, 0.2) is 5.78 Å². The summed E-state index contributed by atoms with van der Waals surface area (Å²) in [7, 11) is 0. The summed E-state index contributed by atoms with van der Waals surface area (Å²) in [6, 6.07) is 18.7. The lowest BCUT2D eigenvalue weighted by molar-refractivity contribution is 0.0469. The molecule has 0 radical (unpaired) electrons. The first-order chi connectivity index (χ1) is 14.3. The Balaban J connectivity index is 1.80. The number of ketones is 1. The van der Waals surface area contributed by atoms with Gasteiger partial charge in [-0.2, -0.15) is 0 Å². The highest BCUT2D eigenvalue weighted by molar-refractivity contribution is 5.95. The SMILES string of the molecule is CC(=O)c1ccc(OC(=O)c2ccc(C)cc2)c(COC(=O)c2ccc(C)cc2)c1. The van der Waals surface area contributed by atoms with E-state index in [1.165, 1.54) is 13.0 Å². The molecule has 0 heterocycles. The second-order valence-corrected chi connectivity index (χ2v) is 7.08. The van der Waals surface area contributed by atoms with Crippen molar-refractivity contribution in [2.75, 3.05) is 0 Å². The number of rotatable bonds is 6. The summed E-state index contributed by atoms with van der Waals surface area (Å²) in [6.07, 6.45) is 0. The second-order valence-electron chi connectivity index (χ2n) is 7.08. The first-order valence-electron chi connectivity index (χ1n) is 9.50. The van der Waals surface area contributed by atoms with Gasteiger partial charge in [-0.05, 0) is 63.2 Å². The molecule has 3 rings (SSSR count). The molecule has 0 saturated heterocycles. The Morgan fingerprint density at radius 2 is 1.20 bits per heavy atom. The van der Waals surface area contributed by atoms with Crippen LogP contribution in [0.5, 0.6) is 5.75 Å². The summed E-state index contributed by atoms with van der Waals surface area (Å²) in [6.45, 7) is 5.16. The van der Waals surface area contributed by atoms with Crippen molar-refractivity contribution in [1.82, 2.24) is 0 Å². The molecule has 0 unspecified atom stereocenters. The molecule has 0 amide bonds. The van der Waals surface area contributed by atoms with Gasteiger partial charge < -0.3 is 9.47 Å². The standard InChI is InChI=1S/C25H22O5/c1-16-4-8-19(9-5-16)24(27)29-15-22-14-21(18(3)26)12-13-23(22)30-25(28)20-10-6-17(2)7-11-20/h4-14H,15H2,1-3H3. The third kappa shape index (κ3) is 5.20. The molecule has 0 aliphatic carbocycles. The second kappa shape index (κ2) is 9.18. The highest BCUT2D eigenvalue weighted by Gasteiger charge is 2.16. The Kier molecular flexibility index (Phi) is 6.42. The fourth-order valence-corrected chi connectivity index (χ4v) is 2.78. The number of aryl methyl sites for hydroxylation is 2. The van der Waals surface area contributed by atoms with Crippen molar-refractivity contribution in [3.63, 3.8) is 0 Å². The summed E-state index contributed by atoms with van der Waals surface area (Å²) in [5.41, 5.74) is 3.75. The van der Waals surface area contributed by atoms with Gasteiger partial charge in [0.2, 0.25) is 0 Å². The Labute approximate surface area is 175 Å². The molecule has 0 atom stereocenters. The maximum atomic E-state index is 12.5. The Hall–Kier alpha value is -3.73. The smallest absolute Gasteiger partial charge is 0.343 e. The van der Waals surface area contributed by atoms with Gasteiger partial charge in [0.05, 0.1) is 11.1 Å². The Morgan fingerprint density at radius 3 is 1.73 bits per heavy atom. The molecule has 3 aromatic carbocycles. The van der Waals surface area contributed by atoms with Crippen molar-refractivity contribution in [2.45, 2.75) is 27.4 Å². The van der Waals surface area contributed by atoms with Gasteiger partial charge in [-0.25, -0.2) is 9.59 Å². The van der Waals surface area contributed by atoms with E-state index in [9.17, 15) is 14.4 Å². The molecule has 0 bridgehead atoms. The third-order valence-electron chi connectivity index (χ3n) is 4.60. The molecular weight excluding hydrogens is 380 g/mol. The molecule has 0 aliphatic heterocycles. The summed E-state index contributed by atoms with van der Waals surface area (Å²) in [5.74, 6) is -0.935. The highest BCUT2D eigenvalue weighted by atomic mass is 16.5. The monoisotopic (exact) mass is 402 g/mol. The fourth-order valence-electron chi connectivity index (χ4n) is 2.78. The van der Waals surface area contributed by atoms with Crippen LogP contribution in [0, 0.1) is 13.8 Å². The zero-order valence-corrected chi connectivity index (χ0v) is 17.1. The maximum absolute atomic E-state index is 12.5. The van der Waals surface area contributed by atoms with Crippen LogP contribution >= 0.6 is 0 Å². The van der Waals surface area contributed by atoms with Crippen LogP contribution in [0.15, 0.2) is 66.7 Å². The van der Waals surface area contributed by atoms with Crippen molar-refractivity contribution < 1.29 is 23.9 Å². The third-order valence-corrected chi connectivity index (χ3v) is 4.60. The molecule has 30 heavy (non-hydrogen) atoms. The number of carbonyl (C=O) groups is 3. The number of hydrogen-bond donors (Lipinski definition) is 0. The van der Waals surface area contributed by atoms with Crippen molar-refractivity contribution in [3.8, 4) is 5.75 Å². The van der Waals surface area contributed by atoms with E-state index in [1.807, 2.05) is 38.1 Å². The average Bonchev–Trinajstić information content (AvgIpc) is 2.73. The van der Waals surface area contributed by atoms with Crippen molar-refractivity contribution in [1.29, 1.82) is 0 Å². The van der Waals surface area contributed by atoms with Gasteiger partial charge in [-0.15, -0.1) is 0 Å². The van der Waals surface area contributed by atoms with Crippen molar-refractivity contribution in [2.24, 2.45) is 0 Å². The van der Waals surface area contributed by atoms with Gasteiger partial charge in [0, 0.05) is 11.1 Å². The molecule has 152 valence electrons. The summed E-state index contributed by atoms with van der Waals surface area (Å²) < 4.78 is 10.9.